The van der Waals surface area contributed by atoms with Crippen molar-refractivity contribution >= 4 is 17.7 Å². The van der Waals surface area contributed by atoms with E-state index in [9.17, 15) is 9.90 Å². The molecule has 110 valence electrons. The molecule has 3 nitrogen and oxygen atoms in total. The topological polar surface area (TPSA) is 43.4 Å². The Kier molecular flexibility index (Phi) is 5.92. The zero-order valence-electron chi connectivity index (χ0n) is 12.0. The minimum Gasteiger partial charge on any atom is -0.549 e. The van der Waals surface area contributed by atoms with Crippen molar-refractivity contribution in [3.63, 3.8) is 0 Å². The van der Waals surface area contributed by atoms with Crippen molar-refractivity contribution in [1.29, 1.82) is 0 Å². The molecule has 0 radical (unpaired) electrons. The lowest BCUT2D eigenvalue weighted by atomic mass is 10.1. The predicted octanol–water partition coefficient (Wildman–Crippen LogP) is 2.08. The standard InChI is InChI=1S/C16H23NO2S/c1-13-5-7-14(8-6-13)20-15(16(18)19)9-12-17-10-3-2-4-11-17/h5-8,15H,2-4,9-12H2,1H3,(H,18,19)/p-1. The highest BCUT2D eigenvalue weighted by Crippen LogP contribution is 2.26. The Balaban J connectivity index is 1.86. The lowest BCUT2D eigenvalue weighted by molar-refractivity contribution is -0.304. The molecular formula is C16H22NO2S-. The van der Waals surface area contributed by atoms with E-state index < -0.39 is 11.2 Å². The third-order valence-electron chi connectivity index (χ3n) is 3.72. The molecule has 20 heavy (non-hydrogen) atoms. The summed E-state index contributed by atoms with van der Waals surface area (Å²) in [4.78, 5) is 14.7. The van der Waals surface area contributed by atoms with Gasteiger partial charge in [0, 0.05) is 4.90 Å². The van der Waals surface area contributed by atoms with Gasteiger partial charge in [0.1, 0.15) is 0 Å². The minimum absolute atomic E-state index is 0.459. The molecule has 0 aromatic heterocycles. The second-order valence-corrected chi connectivity index (χ2v) is 6.71. The van der Waals surface area contributed by atoms with Crippen LogP contribution in [0.5, 0.6) is 0 Å². The first-order chi connectivity index (χ1) is 9.65. The number of thioether (sulfide) groups is 1. The highest BCUT2D eigenvalue weighted by atomic mass is 32.2. The third-order valence-corrected chi connectivity index (χ3v) is 4.98. The van der Waals surface area contributed by atoms with Crippen LogP contribution in [-0.4, -0.2) is 35.8 Å². The number of nitrogens with zero attached hydrogens (tertiary/aromatic N) is 1. The molecule has 0 spiro atoms. The van der Waals surface area contributed by atoms with Gasteiger partial charge < -0.3 is 14.8 Å². The van der Waals surface area contributed by atoms with Crippen LogP contribution in [0.4, 0.5) is 0 Å². The van der Waals surface area contributed by atoms with E-state index >= 15 is 0 Å². The van der Waals surface area contributed by atoms with Gasteiger partial charge in [0.15, 0.2) is 0 Å². The number of benzene rings is 1. The first-order valence-electron chi connectivity index (χ1n) is 7.32. The zero-order valence-corrected chi connectivity index (χ0v) is 12.8. The molecule has 1 unspecified atom stereocenters. The van der Waals surface area contributed by atoms with E-state index in [2.05, 4.69) is 4.90 Å². The van der Waals surface area contributed by atoms with Gasteiger partial charge >= 0.3 is 0 Å². The van der Waals surface area contributed by atoms with Gasteiger partial charge in [-0.1, -0.05) is 24.1 Å². The fraction of sp³-hybridized carbons (Fsp3) is 0.562. The van der Waals surface area contributed by atoms with E-state index in [0.29, 0.717) is 6.42 Å². The second-order valence-electron chi connectivity index (χ2n) is 5.43. The van der Waals surface area contributed by atoms with Crippen molar-refractivity contribution in [3.8, 4) is 0 Å². The molecule has 1 fully saturated rings. The van der Waals surface area contributed by atoms with Crippen LogP contribution in [0.25, 0.3) is 0 Å². The first-order valence-corrected chi connectivity index (χ1v) is 8.19. The van der Waals surface area contributed by atoms with E-state index in [1.807, 2.05) is 31.2 Å². The van der Waals surface area contributed by atoms with Crippen LogP contribution in [-0.2, 0) is 4.79 Å². The van der Waals surface area contributed by atoms with Crippen LogP contribution in [0.3, 0.4) is 0 Å². The number of carboxylic acids is 1. The summed E-state index contributed by atoms with van der Waals surface area (Å²) < 4.78 is 0. The molecule has 1 aromatic carbocycles. The molecule has 4 heteroatoms. The summed E-state index contributed by atoms with van der Waals surface area (Å²) in [5.74, 6) is -0.951. The van der Waals surface area contributed by atoms with Gasteiger partial charge in [-0.05, 0) is 58.0 Å². The molecule has 2 rings (SSSR count). The van der Waals surface area contributed by atoms with Crippen molar-refractivity contribution in [2.24, 2.45) is 0 Å². The van der Waals surface area contributed by atoms with Crippen LogP contribution in [0.1, 0.15) is 31.2 Å². The Bertz CT molecular complexity index is 427. The largest absolute Gasteiger partial charge is 0.549 e. The van der Waals surface area contributed by atoms with Gasteiger partial charge in [-0.15, -0.1) is 11.8 Å². The fourth-order valence-electron chi connectivity index (χ4n) is 2.49. The summed E-state index contributed by atoms with van der Waals surface area (Å²) in [7, 11) is 0. The number of hydrogen-bond donors (Lipinski definition) is 0. The first kappa shape index (κ1) is 15.4. The summed E-state index contributed by atoms with van der Waals surface area (Å²) in [5.41, 5.74) is 1.19. The van der Waals surface area contributed by atoms with E-state index in [1.165, 1.54) is 36.6 Å². The number of rotatable bonds is 6. The van der Waals surface area contributed by atoms with Gasteiger partial charge in [0.2, 0.25) is 0 Å². The van der Waals surface area contributed by atoms with E-state index in [1.54, 1.807) is 0 Å². The quantitative estimate of drug-likeness (QED) is 0.753. The molecule has 0 amide bonds. The van der Waals surface area contributed by atoms with Gasteiger partial charge in [-0.25, -0.2) is 0 Å². The van der Waals surface area contributed by atoms with E-state index in [4.69, 9.17) is 0 Å². The molecule has 1 aliphatic heterocycles. The van der Waals surface area contributed by atoms with Gasteiger partial charge in [-0.3, -0.25) is 0 Å². The number of aliphatic carboxylic acids is 1. The third kappa shape index (κ3) is 4.84. The lowest BCUT2D eigenvalue weighted by Gasteiger charge is -2.28. The molecule has 0 saturated carbocycles. The SMILES string of the molecule is Cc1ccc(SC(CCN2CCCCC2)C(=O)[O-])cc1. The van der Waals surface area contributed by atoms with E-state index in [0.717, 1.165) is 24.5 Å². The summed E-state index contributed by atoms with van der Waals surface area (Å²) >= 11 is 1.41. The Morgan fingerprint density at radius 2 is 1.90 bits per heavy atom. The summed E-state index contributed by atoms with van der Waals surface area (Å²) in [5, 5.41) is 10.8. The molecule has 0 bridgehead atoms. The fourth-order valence-corrected chi connectivity index (χ4v) is 3.43. The molecule has 1 aromatic rings. The van der Waals surface area contributed by atoms with Crippen LogP contribution < -0.4 is 5.11 Å². The molecule has 1 heterocycles. The number of carbonyl (C=O) groups is 1. The Morgan fingerprint density at radius 1 is 1.25 bits per heavy atom. The number of hydrogen-bond acceptors (Lipinski definition) is 4. The predicted molar refractivity (Wildman–Crippen MR) is 80.7 cm³/mol. The second kappa shape index (κ2) is 7.70. The van der Waals surface area contributed by atoms with Crippen LogP contribution in [0.15, 0.2) is 29.2 Å². The average Bonchev–Trinajstić information content (AvgIpc) is 2.46. The Hall–Kier alpha value is -1.00. The molecule has 1 saturated heterocycles. The number of aryl methyl sites for hydroxylation is 1. The van der Waals surface area contributed by atoms with Crippen molar-refractivity contribution in [2.75, 3.05) is 19.6 Å². The Labute approximate surface area is 125 Å². The van der Waals surface area contributed by atoms with Crippen molar-refractivity contribution in [2.45, 2.75) is 42.8 Å². The normalized spacial score (nSPS) is 17.9. The van der Waals surface area contributed by atoms with Crippen LogP contribution in [0, 0.1) is 6.92 Å². The number of likely N-dealkylation sites (tertiary alicyclic amines) is 1. The number of piperidine rings is 1. The highest BCUT2D eigenvalue weighted by Gasteiger charge is 2.16. The van der Waals surface area contributed by atoms with Crippen molar-refractivity contribution in [1.82, 2.24) is 4.90 Å². The van der Waals surface area contributed by atoms with Gasteiger partial charge in [0.05, 0.1) is 11.2 Å². The van der Waals surface area contributed by atoms with Gasteiger partial charge in [0.25, 0.3) is 0 Å². The van der Waals surface area contributed by atoms with Crippen molar-refractivity contribution in [3.05, 3.63) is 29.8 Å². The maximum absolute atomic E-state index is 11.3. The maximum atomic E-state index is 11.3. The molecule has 0 N–H and O–H groups in total. The molecule has 1 aliphatic rings. The summed E-state index contributed by atoms with van der Waals surface area (Å²) in [6.07, 6.45) is 4.43. The highest BCUT2D eigenvalue weighted by molar-refractivity contribution is 8.00. The minimum atomic E-state index is -0.951. The van der Waals surface area contributed by atoms with Gasteiger partial charge in [-0.2, -0.15) is 0 Å². The Morgan fingerprint density at radius 3 is 2.50 bits per heavy atom. The van der Waals surface area contributed by atoms with Crippen molar-refractivity contribution < 1.29 is 9.90 Å². The molecule has 0 aliphatic carbocycles. The number of carbonyl (C=O) groups excluding carboxylic acids is 1. The van der Waals surface area contributed by atoms with Crippen LogP contribution in [0.2, 0.25) is 0 Å². The maximum Gasteiger partial charge on any atom is 0.0548 e. The average molecular weight is 292 g/mol. The molecular weight excluding hydrogens is 270 g/mol. The smallest absolute Gasteiger partial charge is 0.0548 e. The van der Waals surface area contributed by atoms with E-state index in [-0.39, 0.29) is 0 Å². The monoisotopic (exact) mass is 292 g/mol. The summed E-state index contributed by atoms with van der Waals surface area (Å²) in [6, 6.07) is 7.99. The zero-order chi connectivity index (χ0) is 14.4. The summed E-state index contributed by atoms with van der Waals surface area (Å²) in [6.45, 7) is 5.10. The number of carboxylic acid groups (broad SMARTS) is 1. The van der Waals surface area contributed by atoms with Crippen LogP contribution >= 0.6 is 11.8 Å². The molecule has 1 atom stereocenters. The lowest BCUT2D eigenvalue weighted by Crippen LogP contribution is -2.38.